The Hall–Kier alpha value is -2.26. The predicted molar refractivity (Wildman–Crippen MR) is 55.8 cm³/mol. The lowest BCUT2D eigenvalue weighted by atomic mass is 10.2. The lowest BCUT2D eigenvalue weighted by Gasteiger charge is -1.98. The number of carbonyl (C=O) groups excluding carboxylic acids is 2. The number of rotatable bonds is 3. The van der Waals surface area contributed by atoms with Gasteiger partial charge in [-0.1, -0.05) is 25.1 Å². The number of benzene rings is 1. The molecule has 0 spiro atoms. The van der Waals surface area contributed by atoms with Crippen LogP contribution in [0, 0.1) is 0 Å². The van der Waals surface area contributed by atoms with E-state index in [1.54, 1.807) is 25.1 Å². The Morgan fingerprint density at radius 3 is 2.44 bits per heavy atom. The number of nitrogens with zero attached hydrogens (tertiary/aromatic N) is 2. The van der Waals surface area contributed by atoms with Crippen molar-refractivity contribution in [2.45, 2.75) is 13.3 Å². The van der Waals surface area contributed by atoms with E-state index in [1.807, 2.05) is 0 Å². The van der Waals surface area contributed by atoms with Crippen LogP contribution in [0.1, 0.15) is 23.7 Å². The quantitative estimate of drug-likeness (QED) is 0.253. The van der Waals surface area contributed by atoms with Gasteiger partial charge in [0.15, 0.2) is 0 Å². The molecule has 0 aliphatic rings. The van der Waals surface area contributed by atoms with E-state index in [1.165, 1.54) is 12.1 Å². The zero-order valence-electron chi connectivity index (χ0n) is 8.71. The van der Waals surface area contributed by atoms with Gasteiger partial charge in [-0.2, -0.15) is 4.79 Å². The molecule has 0 aromatic heterocycles. The molecule has 0 unspecified atom stereocenters. The molecule has 0 atom stereocenters. The SMILES string of the molecule is CCC(=[N+]=[N-])C(=O)OC(=O)c1ccccc1. The second-order valence-electron chi connectivity index (χ2n) is 2.94. The molecule has 0 heterocycles. The molecule has 82 valence electrons. The second kappa shape index (κ2) is 5.58. The minimum Gasteiger partial charge on any atom is -0.381 e. The number of ether oxygens (including phenoxy) is 1. The molecule has 0 amide bonds. The van der Waals surface area contributed by atoms with Crippen LogP contribution < -0.4 is 0 Å². The molecule has 5 heteroatoms. The first kappa shape index (κ1) is 11.8. The molecule has 0 N–H and O–H groups in total. The van der Waals surface area contributed by atoms with Gasteiger partial charge in [0.05, 0.1) is 12.0 Å². The van der Waals surface area contributed by atoms with Crippen LogP contribution in [0.25, 0.3) is 5.53 Å². The summed E-state index contributed by atoms with van der Waals surface area (Å²) >= 11 is 0. The van der Waals surface area contributed by atoms with Gasteiger partial charge in [-0.25, -0.2) is 9.59 Å². The Bertz CT molecular complexity index is 448. The van der Waals surface area contributed by atoms with Crippen LogP contribution in [0.5, 0.6) is 0 Å². The zero-order chi connectivity index (χ0) is 12.0. The van der Waals surface area contributed by atoms with Crippen molar-refractivity contribution < 1.29 is 19.1 Å². The predicted octanol–water partition coefficient (Wildman–Crippen LogP) is 1.45. The lowest BCUT2D eigenvalue weighted by molar-refractivity contribution is -0.135. The summed E-state index contributed by atoms with van der Waals surface area (Å²) in [5, 5.41) is 0. The van der Waals surface area contributed by atoms with Crippen LogP contribution in [0.15, 0.2) is 30.3 Å². The van der Waals surface area contributed by atoms with Gasteiger partial charge in [0.2, 0.25) is 0 Å². The normalized spacial score (nSPS) is 9.06. The minimum absolute atomic E-state index is 0.190. The van der Waals surface area contributed by atoms with E-state index in [0.29, 0.717) is 0 Å². The fraction of sp³-hybridized carbons (Fsp3) is 0.182. The lowest BCUT2D eigenvalue weighted by Crippen LogP contribution is -2.21. The van der Waals surface area contributed by atoms with E-state index in [4.69, 9.17) is 5.53 Å². The molecule has 1 aromatic rings. The Kier molecular flexibility index (Phi) is 4.12. The van der Waals surface area contributed by atoms with Gasteiger partial charge in [0, 0.05) is 0 Å². The number of esters is 2. The second-order valence-corrected chi connectivity index (χ2v) is 2.94. The number of carbonyl (C=O) groups is 2. The number of hydrogen-bond acceptors (Lipinski definition) is 3. The Balaban J connectivity index is 2.73. The molecule has 0 saturated heterocycles. The maximum absolute atomic E-state index is 11.4. The van der Waals surface area contributed by atoms with Gasteiger partial charge in [0.1, 0.15) is 0 Å². The highest BCUT2D eigenvalue weighted by Crippen LogP contribution is 2.01. The maximum atomic E-state index is 11.4. The summed E-state index contributed by atoms with van der Waals surface area (Å²) in [5.41, 5.74) is 8.53. The fourth-order valence-electron chi connectivity index (χ4n) is 1.03. The summed E-state index contributed by atoms with van der Waals surface area (Å²) in [6, 6.07) is 8.10. The maximum Gasteiger partial charge on any atom is 0.424 e. The molecule has 0 fully saturated rings. The molecular weight excluding hydrogens is 208 g/mol. The third kappa shape index (κ3) is 2.87. The molecule has 1 rings (SSSR count). The summed E-state index contributed by atoms with van der Waals surface area (Å²) in [5.74, 6) is -1.70. The standard InChI is InChI=1S/C11H10N2O3/c1-2-9(13-12)11(15)16-10(14)8-6-4-3-5-7-8/h3-7H,2H2,1H3. The third-order valence-corrected chi connectivity index (χ3v) is 1.89. The Labute approximate surface area is 92.3 Å². The van der Waals surface area contributed by atoms with E-state index in [9.17, 15) is 9.59 Å². The van der Waals surface area contributed by atoms with Gasteiger partial charge in [-0.15, -0.1) is 0 Å². The third-order valence-electron chi connectivity index (χ3n) is 1.89. The first-order valence-corrected chi connectivity index (χ1v) is 4.71. The van der Waals surface area contributed by atoms with Crippen molar-refractivity contribution in [2.75, 3.05) is 0 Å². The molecular formula is C11H10N2O3. The first-order valence-electron chi connectivity index (χ1n) is 4.71. The van der Waals surface area contributed by atoms with E-state index < -0.39 is 11.9 Å². The van der Waals surface area contributed by atoms with Crippen molar-refractivity contribution in [1.82, 2.24) is 0 Å². The average Bonchev–Trinajstić information content (AvgIpc) is 2.31. The summed E-state index contributed by atoms with van der Waals surface area (Å²) < 4.78 is 4.51. The summed E-state index contributed by atoms with van der Waals surface area (Å²) in [6.45, 7) is 1.61. The van der Waals surface area contributed by atoms with Crippen molar-refractivity contribution >= 4 is 17.7 Å². The van der Waals surface area contributed by atoms with Crippen LogP contribution >= 0.6 is 0 Å². The zero-order valence-corrected chi connectivity index (χ0v) is 8.71. The Morgan fingerprint density at radius 2 is 1.94 bits per heavy atom. The summed E-state index contributed by atoms with van der Waals surface area (Å²) in [4.78, 5) is 25.4. The first-order chi connectivity index (χ1) is 7.69. The van der Waals surface area contributed by atoms with Crippen LogP contribution in [0.4, 0.5) is 0 Å². The molecule has 0 bridgehead atoms. The molecule has 0 saturated carbocycles. The van der Waals surface area contributed by atoms with Crippen LogP contribution in [0.3, 0.4) is 0 Å². The van der Waals surface area contributed by atoms with Crippen molar-refractivity contribution in [3.05, 3.63) is 41.4 Å². The minimum atomic E-state index is -0.932. The monoisotopic (exact) mass is 218 g/mol. The van der Waals surface area contributed by atoms with E-state index in [0.717, 1.165) is 0 Å². The van der Waals surface area contributed by atoms with Crippen molar-refractivity contribution in [3.8, 4) is 0 Å². The van der Waals surface area contributed by atoms with E-state index in [2.05, 4.69) is 9.53 Å². The van der Waals surface area contributed by atoms with Crippen LogP contribution in [0.2, 0.25) is 0 Å². The largest absolute Gasteiger partial charge is 0.424 e. The van der Waals surface area contributed by atoms with Crippen LogP contribution in [-0.4, -0.2) is 22.4 Å². The molecule has 0 aliphatic heterocycles. The van der Waals surface area contributed by atoms with Gasteiger partial charge in [-0.3, -0.25) is 0 Å². The number of hydrogen-bond donors (Lipinski definition) is 0. The fourth-order valence-corrected chi connectivity index (χ4v) is 1.03. The van der Waals surface area contributed by atoms with Crippen LogP contribution in [-0.2, 0) is 9.53 Å². The molecule has 16 heavy (non-hydrogen) atoms. The highest BCUT2D eigenvalue weighted by molar-refractivity contribution is 6.35. The smallest absolute Gasteiger partial charge is 0.381 e. The van der Waals surface area contributed by atoms with Gasteiger partial charge in [-0.05, 0) is 12.1 Å². The molecule has 1 aromatic carbocycles. The molecule has 5 nitrogen and oxygen atoms in total. The van der Waals surface area contributed by atoms with Crippen molar-refractivity contribution in [1.29, 1.82) is 0 Å². The van der Waals surface area contributed by atoms with Gasteiger partial charge in [0.25, 0.3) is 0 Å². The van der Waals surface area contributed by atoms with E-state index >= 15 is 0 Å². The van der Waals surface area contributed by atoms with Gasteiger partial charge >= 0.3 is 17.7 Å². The summed E-state index contributed by atoms with van der Waals surface area (Å²) in [7, 11) is 0. The Morgan fingerprint density at radius 1 is 1.31 bits per heavy atom. The highest BCUT2D eigenvalue weighted by Gasteiger charge is 2.23. The topological polar surface area (TPSA) is 79.8 Å². The van der Waals surface area contributed by atoms with Crippen molar-refractivity contribution in [2.24, 2.45) is 0 Å². The highest BCUT2D eigenvalue weighted by atomic mass is 16.6. The van der Waals surface area contributed by atoms with Crippen molar-refractivity contribution in [3.63, 3.8) is 0 Å². The average molecular weight is 218 g/mol. The molecule has 0 radical (unpaired) electrons. The van der Waals surface area contributed by atoms with E-state index in [-0.39, 0.29) is 17.7 Å². The van der Waals surface area contributed by atoms with Gasteiger partial charge < -0.3 is 10.3 Å². The molecule has 0 aliphatic carbocycles. The summed E-state index contributed by atoms with van der Waals surface area (Å²) in [6.07, 6.45) is 0.192.